The fourth-order valence-electron chi connectivity index (χ4n) is 4.02. The summed E-state index contributed by atoms with van der Waals surface area (Å²) in [6.07, 6.45) is 1.54. The number of amides is 1. The van der Waals surface area contributed by atoms with Crippen LogP contribution in [0.25, 0.3) is 11.0 Å². The number of nitrogens with zero attached hydrogens (tertiary/aromatic N) is 4. The summed E-state index contributed by atoms with van der Waals surface area (Å²) in [5.41, 5.74) is 0.184. The van der Waals surface area contributed by atoms with Crippen LogP contribution in [-0.4, -0.2) is 59.1 Å². The molecule has 0 radical (unpaired) electrons. The molecule has 11 nitrogen and oxygen atoms in total. The van der Waals surface area contributed by atoms with Gasteiger partial charge < -0.3 is 10.1 Å². The average molecular weight is 502 g/mol. The lowest BCUT2D eigenvalue weighted by Gasteiger charge is -2.26. The first kappa shape index (κ1) is 24.8. The van der Waals surface area contributed by atoms with E-state index in [4.69, 9.17) is 4.74 Å². The van der Waals surface area contributed by atoms with Crippen molar-refractivity contribution in [2.45, 2.75) is 24.7 Å². The van der Waals surface area contributed by atoms with Gasteiger partial charge in [-0.3, -0.25) is 18.7 Å². The molecule has 1 aliphatic heterocycles. The summed E-state index contributed by atoms with van der Waals surface area (Å²) >= 11 is 0. The number of ether oxygens (including phenoxy) is 1. The Morgan fingerprint density at radius 1 is 1.06 bits per heavy atom. The fraction of sp³-hybridized carbons (Fsp3) is 0.391. The van der Waals surface area contributed by atoms with Gasteiger partial charge in [-0.1, -0.05) is 13.8 Å². The van der Waals surface area contributed by atoms with Crippen LogP contribution in [-0.2, 0) is 28.9 Å². The van der Waals surface area contributed by atoms with Crippen LogP contribution < -0.4 is 16.6 Å². The topological polar surface area (TPSA) is 133 Å². The molecular weight excluding hydrogens is 474 g/mol. The third kappa shape index (κ3) is 4.40. The van der Waals surface area contributed by atoms with Gasteiger partial charge in [-0.15, -0.1) is 0 Å². The quantitative estimate of drug-likeness (QED) is 0.552. The number of rotatable bonds is 5. The van der Waals surface area contributed by atoms with E-state index in [0.717, 1.165) is 4.57 Å². The second kappa shape index (κ2) is 9.36. The Hall–Kier alpha value is -3.35. The number of nitrogens with one attached hydrogen (secondary N) is 1. The summed E-state index contributed by atoms with van der Waals surface area (Å²) in [5, 5.41) is 2.93. The number of hydrogen-bond acceptors (Lipinski definition) is 7. The highest BCUT2D eigenvalue weighted by Gasteiger charge is 2.27. The lowest BCUT2D eigenvalue weighted by Crippen LogP contribution is -2.40. The summed E-state index contributed by atoms with van der Waals surface area (Å²) in [6, 6.07) is 5.62. The van der Waals surface area contributed by atoms with Gasteiger partial charge in [-0.2, -0.15) is 4.31 Å². The van der Waals surface area contributed by atoms with E-state index in [9.17, 15) is 22.8 Å². The highest BCUT2D eigenvalue weighted by molar-refractivity contribution is 7.89. The summed E-state index contributed by atoms with van der Waals surface area (Å²) < 4.78 is 34.5. The predicted octanol–water partition coefficient (Wildman–Crippen LogP) is 1.03. The zero-order valence-corrected chi connectivity index (χ0v) is 20.8. The Balaban J connectivity index is 1.73. The van der Waals surface area contributed by atoms with Gasteiger partial charge in [0.05, 0.1) is 23.8 Å². The minimum Gasteiger partial charge on any atom is -0.379 e. The molecule has 2 aromatic heterocycles. The Morgan fingerprint density at radius 3 is 2.29 bits per heavy atom. The van der Waals surface area contributed by atoms with E-state index in [2.05, 4.69) is 10.3 Å². The summed E-state index contributed by atoms with van der Waals surface area (Å²) in [6.45, 7) is 5.02. The van der Waals surface area contributed by atoms with Crippen LogP contribution >= 0.6 is 0 Å². The molecule has 0 aliphatic carbocycles. The van der Waals surface area contributed by atoms with Gasteiger partial charge in [0.2, 0.25) is 10.0 Å². The smallest absolute Gasteiger partial charge is 0.332 e. The number of aryl methyl sites for hydroxylation is 1. The van der Waals surface area contributed by atoms with Crippen molar-refractivity contribution in [3.8, 4) is 0 Å². The van der Waals surface area contributed by atoms with Crippen LogP contribution in [0.1, 0.15) is 35.7 Å². The average Bonchev–Trinajstić information content (AvgIpc) is 2.86. The lowest BCUT2D eigenvalue weighted by molar-refractivity contribution is 0.0730. The van der Waals surface area contributed by atoms with Gasteiger partial charge >= 0.3 is 5.69 Å². The maximum atomic E-state index is 13.2. The van der Waals surface area contributed by atoms with E-state index < -0.39 is 27.2 Å². The third-order valence-corrected chi connectivity index (χ3v) is 8.00. The lowest BCUT2D eigenvalue weighted by atomic mass is 10.0. The molecule has 1 amide bonds. The minimum absolute atomic E-state index is 0.0785. The first-order chi connectivity index (χ1) is 16.5. The van der Waals surface area contributed by atoms with Crippen molar-refractivity contribution in [3.63, 3.8) is 0 Å². The molecule has 0 spiro atoms. The van der Waals surface area contributed by atoms with Crippen molar-refractivity contribution in [2.75, 3.05) is 31.6 Å². The van der Waals surface area contributed by atoms with Crippen molar-refractivity contribution in [1.82, 2.24) is 18.4 Å². The number of pyridine rings is 1. The minimum atomic E-state index is -3.69. The number of sulfonamides is 1. The van der Waals surface area contributed by atoms with Crippen LogP contribution in [0.2, 0.25) is 0 Å². The van der Waals surface area contributed by atoms with E-state index in [1.807, 2.05) is 13.8 Å². The molecule has 0 atom stereocenters. The number of fused-ring (bicyclic) bond motifs is 1. The molecule has 3 aromatic rings. The maximum Gasteiger partial charge on any atom is 0.332 e. The fourth-order valence-corrected chi connectivity index (χ4v) is 5.42. The van der Waals surface area contributed by atoms with Crippen LogP contribution in [0.5, 0.6) is 0 Å². The van der Waals surface area contributed by atoms with Crippen molar-refractivity contribution in [1.29, 1.82) is 0 Å². The molecule has 0 bridgehead atoms. The number of morpholine rings is 1. The third-order valence-electron chi connectivity index (χ3n) is 6.08. The van der Waals surface area contributed by atoms with Crippen LogP contribution in [0, 0.1) is 0 Å². The molecule has 1 N–H and O–H groups in total. The van der Waals surface area contributed by atoms with Gasteiger partial charge in [-0.25, -0.2) is 18.2 Å². The molecule has 1 aromatic carbocycles. The van der Waals surface area contributed by atoms with E-state index >= 15 is 0 Å². The number of aromatic nitrogens is 3. The van der Waals surface area contributed by atoms with Gasteiger partial charge in [0.25, 0.3) is 11.5 Å². The van der Waals surface area contributed by atoms with Crippen molar-refractivity contribution >= 4 is 32.7 Å². The van der Waals surface area contributed by atoms with Crippen LogP contribution in [0.15, 0.2) is 44.9 Å². The van der Waals surface area contributed by atoms with E-state index in [0.29, 0.717) is 18.8 Å². The van der Waals surface area contributed by atoms with Crippen molar-refractivity contribution in [2.24, 2.45) is 14.1 Å². The molecule has 4 rings (SSSR count). The monoisotopic (exact) mass is 501 g/mol. The van der Waals surface area contributed by atoms with E-state index in [1.54, 1.807) is 6.20 Å². The second-order valence-electron chi connectivity index (χ2n) is 8.64. The largest absolute Gasteiger partial charge is 0.379 e. The molecule has 1 saturated heterocycles. The number of anilines is 1. The summed E-state index contributed by atoms with van der Waals surface area (Å²) in [7, 11) is -0.821. The number of carbonyl (C=O) groups excluding carboxylic acids is 1. The number of hydrogen-bond donors (Lipinski definition) is 1. The molecule has 1 aliphatic rings. The highest BCUT2D eigenvalue weighted by Crippen LogP contribution is 2.29. The SMILES string of the molecule is CC(C)c1cnc2c(c1NC(=O)c1ccc(S(=O)(=O)N3CCOCC3)cc1)c(=O)n(C)c(=O)n2C. The standard InChI is InChI=1S/C23H27N5O6S/c1-14(2)17-13-24-20-18(22(30)27(4)23(31)26(20)3)19(17)25-21(29)15-5-7-16(8-6-15)35(32,33)28-9-11-34-12-10-28/h5-8,13-14H,9-12H2,1-4H3,(H,24,25,29). The Bertz CT molecular complexity index is 1520. The molecule has 35 heavy (non-hydrogen) atoms. The molecular formula is C23H27N5O6S. The van der Waals surface area contributed by atoms with E-state index in [-0.39, 0.29) is 46.2 Å². The molecule has 1 fully saturated rings. The van der Waals surface area contributed by atoms with Crippen molar-refractivity contribution < 1.29 is 17.9 Å². The zero-order chi connectivity index (χ0) is 25.5. The normalized spacial score (nSPS) is 15.0. The number of carbonyl (C=O) groups is 1. The summed E-state index contributed by atoms with van der Waals surface area (Å²) in [4.78, 5) is 42.9. The molecule has 12 heteroatoms. The Labute approximate surface area is 202 Å². The van der Waals surface area contributed by atoms with E-state index in [1.165, 1.54) is 47.2 Å². The van der Waals surface area contributed by atoms with Gasteiger partial charge in [0.1, 0.15) is 5.39 Å². The molecule has 0 unspecified atom stereocenters. The van der Waals surface area contributed by atoms with Gasteiger partial charge in [-0.05, 0) is 35.7 Å². The maximum absolute atomic E-state index is 13.2. The first-order valence-electron chi connectivity index (χ1n) is 11.1. The van der Waals surface area contributed by atoms with Gasteiger partial charge in [0.15, 0.2) is 5.65 Å². The number of benzene rings is 1. The van der Waals surface area contributed by atoms with Crippen molar-refractivity contribution in [3.05, 3.63) is 62.4 Å². The molecule has 186 valence electrons. The molecule has 3 heterocycles. The molecule has 0 saturated carbocycles. The first-order valence-corrected chi connectivity index (χ1v) is 12.6. The second-order valence-corrected chi connectivity index (χ2v) is 10.6. The Kier molecular flexibility index (Phi) is 6.62. The predicted molar refractivity (Wildman–Crippen MR) is 130 cm³/mol. The van der Waals surface area contributed by atoms with Crippen LogP contribution in [0.4, 0.5) is 5.69 Å². The highest BCUT2D eigenvalue weighted by atomic mass is 32.2. The Morgan fingerprint density at radius 2 is 1.69 bits per heavy atom. The van der Waals surface area contributed by atoms with Crippen LogP contribution in [0.3, 0.4) is 0 Å². The van der Waals surface area contributed by atoms with Gasteiger partial charge in [0, 0.05) is 38.9 Å². The summed E-state index contributed by atoms with van der Waals surface area (Å²) in [5.74, 6) is -0.601. The zero-order valence-electron chi connectivity index (χ0n) is 19.9.